The summed E-state index contributed by atoms with van der Waals surface area (Å²) >= 11 is 6.85. The van der Waals surface area contributed by atoms with Crippen molar-refractivity contribution < 1.29 is 28.5 Å². The number of ether oxygens (including phenoxy) is 4. The van der Waals surface area contributed by atoms with E-state index < -0.39 is 18.5 Å². The normalized spacial score (nSPS) is 10.2. The number of carbonyl (C=O) groups is 2. The fourth-order valence-electron chi connectivity index (χ4n) is 2.10. The summed E-state index contributed by atoms with van der Waals surface area (Å²) in [6, 6.07) is 6.51. The molecule has 2 rings (SSSR count). The van der Waals surface area contributed by atoms with Crippen molar-refractivity contribution in [1.82, 2.24) is 5.32 Å². The highest BCUT2D eigenvalue weighted by Crippen LogP contribution is 2.34. The summed E-state index contributed by atoms with van der Waals surface area (Å²) in [5, 5.41) is 2.66. The summed E-state index contributed by atoms with van der Waals surface area (Å²) in [6.07, 6.45) is 0. The lowest BCUT2D eigenvalue weighted by molar-refractivity contribution is -0.124. The third-order valence-corrected chi connectivity index (χ3v) is 4.58. The van der Waals surface area contributed by atoms with Crippen LogP contribution >= 0.6 is 22.9 Å². The largest absolute Gasteiger partial charge is 0.496 e. The molecular formula is C17H18ClNO6S. The van der Waals surface area contributed by atoms with E-state index in [0.29, 0.717) is 32.0 Å². The highest BCUT2D eigenvalue weighted by molar-refractivity contribution is 7.17. The zero-order valence-electron chi connectivity index (χ0n) is 14.5. The van der Waals surface area contributed by atoms with Crippen molar-refractivity contribution in [2.45, 2.75) is 6.54 Å². The first-order valence-electron chi connectivity index (χ1n) is 7.46. The van der Waals surface area contributed by atoms with Gasteiger partial charge >= 0.3 is 5.97 Å². The molecule has 1 N–H and O–H groups in total. The predicted molar refractivity (Wildman–Crippen MR) is 97.6 cm³/mol. The summed E-state index contributed by atoms with van der Waals surface area (Å²) in [6.45, 7) is -0.227. The zero-order valence-corrected chi connectivity index (χ0v) is 16.0. The molecule has 0 spiro atoms. The third-order valence-electron chi connectivity index (χ3n) is 3.37. The van der Waals surface area contributed by atoms with Gasteiger partial charge in [0.15, 0.2) is 18.1 Å². The molecule has 1 amide bonds. The van der Waals surface area contributed by atoms with Crippen molar-refractivity contribution >= 4 is 34.8 Å². The van der Waals surface area contributed by atoms with Crippen LogP contribution in [0.5, 0.6) is 17.2 Å². The number of methoxy groups -OCH3 is 3. The minimum atomic E-state index is -0.597. The average Bonchev–Trinajstić information content (AvgIpc) is 3.09. The van der Waals surface area contributed by atoms with Crippen LogP contribution in [0.25, 0.3) is 0 Å². The monoisotopic (exact) mass is 399 g/mol. The number of carbonyl (C=O) groups excluding carboxylic acids is 2. The molecule has 0 unspecified atom stereocenters. The van der Waals surface area contributed by atoms with Gasteiger partial charge in [0.2, 0.25) is 0 Å². The van der Waals surface area contributed by atoms with Gasteiger partial charge in [-0.1, -0.05) is 11.6 Å². The maximum atomic E-state index is 11.9. The predicted octanol–water partition coefficient (Wildman–Crippen LogP) is 2.90. The summed E-state index contributed by atoms with van der Waals surface area (Å²) in [4.78, 5) is 24.1. The van der Waals surface area contributed by atoms with Gasteiger partial charge in [0.25, 0.3) is 5.91 Å². The molecular weight excluding hydrogens is 382 g/mol. The molecule has 1 heterocycles. The van der Waals surface area contributed by atoms with Gasteiger partial charge < -0.3 is 24.3 Å². The van der Waals surface area contributed by atoms with Crippen molar-refractivity contribution in [3.05, 3.63) is 39.0 Å². The van der Waals surface area contributed by atoms with Crippen LogP contribution in [0.2, 0.25) is 4.34 Å². The quantitative estimate of drug-likeness (QED) is 0.687. The molecule has 9 heteroatoms. The Hall–Kier alpha value is -2.45. The Balaban J connectivity index is 1.93. The van der Waals surface area contributed by atoms with E-state index in [2.05, 4.69) is 5.32 Å². The molecule has 1 aromatic heterocycles. The number of rotatable bonds is 8. The van der Waals surface area contributed by atoms with Crippen LogP contribution in [-0.2, 0) is 16.1 Å². The van der Waals surface area contributed by atoms with Gasteiger partial charge in [0.05, 0.1) is 25.7 Å². The topological polar surface area (TPSA) is 83.1 Å². The lowest BCUT2D eigenvalue weighted by atomic mass is 10.1. The smallest absolute Gasteiger partial charge is 0.348 e. The molecule has 140 valence electrons. The first kappa shape index (κ1) is 19.9. The molecule has 0 atom stereocenters. The lowest BCUT2D eigenvalue weighted by Crippen LogP contribution is -2.28. The fraction of sp³-hybridized carbons (Fsp3) is 0.294. The number of nitrogens with one attached hydrogen (secondary N) is 1. The maximum Gasteiger partial charge on any atom is 0.348 e. The van der Waals surface area contributed by atoms with Crippen molar-refractivity contribution in [2.75, 3.05) is 27.9 Å². The van der Waals surface area contributed by atoms with Crippen LogP contribution in [0, 0.1) is 0 Å². The van der Waals surface area contributed by atoms with Gasteiger partial charge in [-0.2, -0.15) is 0 Å². The van der Waals surface area contributed by atoms with Gasteiger partial charge in [0, 0.05) is 18.2 Å². The Kier molecular flexibility index (Phi) is 7.11. The van der Waals surface area contributed by atoms with Crippen LogP contribution in [0.3, 0.4) is 0 Å². The number of benzene rings is 1. The highest BCUT2D eigenvalue weighted by atomic mass is 35.5. The van der Waals surface area contributed by atoms with Crippen LogP contribution in [0.4, 0.5) is 0 Å². The second kappa shape index (κ2) is 9.30. The highest BCUT2D eigenvalue weighted by Gasteiger charge is 2.15. The number of halogens is 1. The summed E-state index contributed by atoms with van der Waals surface area (Å²) in [5.74, 6) is 0.522. The summed E-state index contributed by atoms with van der Waals surface area (Å²) in [5.41, 5.74) is 0.690. The van der Waals surface area contributed by atoms with E-state index in [1.807, 2.05) is 0 Å². The van der Waals surface area contributed by atoms with E-state index in [9.17, 15) is 9.59 Å². The minimum absolute atomic E-state index is 0.171. The maximum absolute atomic E-state index is 11.9. The Labute approximate surface area is 159 Å². The SMILES string of the molecule is COc1cc(OC)c(OC)cc1CNC(=O)COC(=O)c1ccc(Cl)s1. The van der Waals surface area contributed by atoms with E-state index in [4.69, 9.17) is 30.5 Å². The Morgan fingerprint density at radius 3 is 2.27 bits per heavy atom. The van der Waals surface area contributed by atoms with Crippen LogP contribution in [-0.4, -0.2) is 39.8 Å². The average molecular weight is 400 g/mol. The van der Waals surface area contributed by atoms with E-state index >= 15 is 0 Å². The van der Waals surface area contributed by atoms with Crippen LogP contribution in [0.1, 0.15) is 15.2 Å². The standard InChI is InChI=1S/C17H18ClNO6S/c1-22-11-7-13(24-3)12(23-2)6-10(11)8-19-16(20)9-25-17(21)14-4-5-15(18)26-14/h4-7H,8-9H2,1-3H3,(H,19,20). The van der Waals surface area contributed by atoms with E-state index in [0.717, 1.165) is 11.3 Å². The zero-order chi connectivity index (χ0) is 19.1. The molecule has 0 saturated carbocycles. The molecule has 2 aromatic rings. The van der Waals surface area contributed by atoms with Gasteiger partial charge in [-0.15, -0.1) is 11.3 Å². The first-order chi connectivity index (χ1) is 12.5. The van der Waals surface area contributed by atoms with E-state index in [1.54, 1.807) is 24.3 Å². The fourth-order valence-corrected chi connectivity index (χ4v) is 3.04. The first-order valence-corrected chi connectivity index (χ1v) is 8.66. The van der Waals surface area contributed by atoms with E-state index in [-0.39, 0.29) is 6.54 Å². The molecule has 0 aliphatic carbocycles. The Morgan fingerprint density at radius 1 is 1.04 bits per heavy atom. The van der Waals surface area contributed by atoms with Crippen LogP contribution in [0.15, 0.2) is 24.3 Å². The number of hydrogen-bond acceptors (Lipinski definition) is 7. The van der Waals surface area contributed by atoms with Gasteiger partial charge in [-0.05, 0) is 18.2 Å². The van der Waals surface area contributed by atoms with E-state index in [1.165, 1.54) is 21.3 Å². The number of thiophene rings is 1. The van der Waals surface area contributed by atoms with Crippen molar-refractivity contribution in [1.29, 1.82) is 0 Å². The summed E-state index contributed by atoms with van der Waals surface area (Å²) < 4.78 is 21.2. The van der Waals surface area contributed by atoms with Crippen molar-refractivity contribution in [3.8, 4) is 17.2 Å². The molecule has 0 radical (unpaired) electrons. The summed E-state index contributed by atoms with van der Waals surface area (Å²) in [7, 11) is 4.55. The second-order valence-electron chi connectivity index (χ2n) is 4.98. The Morgan fingerprint density at radius 2 is 1.69 bits per heavy atom. The second-order valence-corrected chi connectivity index (χ2v) is 6.69. The number of amides is 1. The Bertz CT molecular complexity index is 792. The third kappa shape index (κ3) is 5.03. The van der Waals surface area contributed by atoms with Crippen molar-refractivity contribution in [2.24, 2.45) is 0 Å². The van der Waals surface area contributed by atoms with Gasteiger partial charge in [-0.3, -0.25) is 4.79 Å². The molecule has 1 aromatic carbocycles. The lowest BCUT2D eigenvalue weighted by Gasteiger charge is -2.14. The van der Waals surface area contributed by atoms with Crippen LogP contribution < -0.4 is 19.5 Å². The number of esters is 1. The minimum Gasteiger partial charge on any atom is -0.496 e. The molecule has 26 heavy (non-hydrogen) atoms. The molecule has 0 aliphatic rings. The van der Waals surface area contributed by atoms with Crippen molar-refractivity contribution in [3.63, 3.8) is 0 Å². The molecule has 0 saturated heterocycles. The molecule has 0 bridgehead atoms. The van der Waals surface area contributed by atoms with Gasteiger partial charge in [-0.25, -0.2) is 4.79 Å². The number of hydrogen-bond donors (Lipinski definition) is 1. The molecule has 7 nitrogen and oxygen atoms in total. The molecule has 0 aliphatic heterocycles. The van der Waals surface area contributed by atoms with Gasteiger partial charge in [0.1, 0.15) is 10.6 Å². The molecule has 0 fully saturated rings.